The number of carbonyl (C=O) groups is 2. The van der Waals surface area contributed by atoms with Crippen LogP contribution in [-0.4, -0.2) is 39.1 Å². The summed E-state index contributed by atoms with van der Waals surface area (Å²) in [6.07, 6.45) is 5.90. The smallest absolute Gasteiger partial charge is 0.338 e. The molecule has 2 N–H and O–H groups in total. The second-order valence-corrected chi connectivity index (χ2v) is 9.55. The monoisotopic (exact) mass is 489 g/mol. The van der Waals surface area contributed by atoms with Crippen LogP contribution in [0.1, 0.15) is 62.5 Å². The van der Waals surface area contributed by atoms with Gasteiger partial charge in [-0.05, 0) is 44.4 Å². The maximum Gasteiger partial charge on any atom is 0.338 e. The summed E-state index contributed by atoms with van der Waals surface area (Å²) in [5.74, 6) is 0.777. The number of nitrogens with zero attached hydrogens (tertiary/aromatic N) is 3. The Kier molecular flexibility index (Phi) is 7.60. The van der Waals surface area contributed by atoms with Crippen LogP contribution in [0, 0.1) is 6.92 Å². The molecule has 8 nitrogen and oxygen atoms in total. The van der Waals surface area contributed by atoms with Crippen molar-refractivity contribution in [3.8, 4) is 0 Å². The number of aryl methyl sites for hydroxylation is 1. The average molecular weight is 490 g/mol. The first-order valence-electron chi connectivity index (χ1n) is 11.3. The van der Waals surface area contributed by atoms with Crippen LogP contribution < -0.4 is 10.6 Å². The van der Waals surface area contributed by atoms with E-state index in [2.05, 4.69) is 25.4 Å². The van der Waals surface area contributed by atoms with E-state index in [4.69, 9.17) is 16.3 Å². The third-order valence-corrected chi connectivity index (χ3v) is 7.19. The quantitative estimate of drug-likeness (QED) is 0.431. The normalized spacial score (nSPS) is 19.2. The predicted molar refractivity (Wildman–Crippen MR) is 127 cm³/mol. The van der Waals surface area contributed by atoms with E-state index in [0.29, 0.717) is 28.1 Å². The Labute approximate surface area is 202 Å². The molecule has 0 bridgehead atoms. The molecule has 0 saturated heterocycles. The second kappa shape index (κ2) is 10.6. The second-order valence-electron chi connectivity index (χ2n) is 8.18. The van der Waals surface area contributed by atoms with E-state index in [1.54, 1.807) is 31.2 Å². The lowest BCUT2D eigenvalue weighted by Crippen LogP contribution is -2.46. The van der Waals surface area contributed by atoms with Gasteiger partial charge >= 0.3 is 12.0 Å². The predicted octanol–water partition coefficient (Wildman–Crippen LogP) is 4.71. The number of thioether (sulfide) groups is 1. The van der Waals surface area contributed by atoms with Crippen molar-refractivity contribution >= 4 is 35.4 Å². The number of urea groups is 1. The maximum atomic E-state index is 13.0. The lowest BCUT2D eigenvalue weighted by molar-refractivity contribution is -0.139. The number of esters is 1. The van der Waals surface area contributed by atoms with Crippen LogP contribution in [0.3, 0.4) is 0 Å². The lowest BCUT2D eigenvalue weighted by atomic mass is 9.95. The van der Waals surface area contributed by atoms with Crippen molar-refractivity contribution in [2.24, 2.45) is 0 Å². The van der Waals surface area contributed by atoms with E-state index in [-0.39, 0.29) is 12.6 Å². The van der Waals surface area contributed by atoms with E-state index in [0.717, 1.165) is 29.4 Å². The topological polar surface area (TPSA) is 98.1 Å². The summed E-state index contributed by atoms with van der Waals surface area (Å²) in [6.45, 7) is 3.96. The average Bonchev–Trinajstić information content (AvgIpc) is 3.18. The number of amides is 2. The van der Waals surface area contributed by atoms with E-state index in [1.165, 1.54) is 31.0 Å². The highest BCUT2D eigenvalue weighted by molar-refractivity contribution is 7.99. The largest absolute Gasteiger partial charge is 0.463 e. The molecule has 1 unspecified atom stereocenters. The van der Waals surface area contributed by atoms with Gasteiger partial charge in [0.05, 0.1) is 18.2 Å². The van der Waals surface area contributed by atoms with Gasteiger partial charge in [0.15, 0.2) is 5.16 Å². The summed E-state index contributed by atoms with van der Waals surface area (Å²) >= 11 is 7.50. The number of nitrogens with one attached hydrogen (secondary N) is 2. The van der Waals surface area contributed by atoms with Gasteiger partial charge in [-0.3, -0.25) is 0 Å². The zero-order chi connectivity index (χ0) is 23.4. The molecule has 1 saturated carbocycles. The number of carbonyl (C=O) groups excluding carboxylic acids is 2. The number of hydrogen-bond donors (Lipinski definition) is 2. The van der Waals surface area contributed by atoms with Gasteiger partial charge in [-0.2, -0.15) is 0 Å². The van der Waals surface area contributed by atoms with Crippen molar-refractivity contribution in [1.82, 2.24) is 25.4 Å². The highest BCUT2D eigenvalue weighted by atomic mass is 35.5. The maximum absolute atomic E-state index is 13.0. The first-order valence-corrected chi connectivity index (χ1v) is 12.6. The van der Waals surface area contributed by atoms with Crippen molar-refractivity contribution < 1.29 is 14.3 Å². The molecular weight excluding hydrogens is 462 g/mol. The highest BCUT2D eigenvalue weighted by Gasteiger charge is 2.34. The number of benzene rings is 1. The molecule has 2 aliphatic rings. The lowest BCUT2D eigenvalue weighted by Gasteiger charge is -2.29. The Morgan fingerprint density at radius 3 is 2.64 bits per heavy atom. The fourth-order valence-electron chi connectivity index (χ4n) is 4.43. The number of halogens is 1. The van der Waals surface area contributed by atoms with Gasteiger partial charge < -0.3 is 19.9 Å². The third kappa shape index (κ3) is 5.35. The summed E-state index contributed by atoms with van der Waals surface area (Å²) in [6, 6.07) is 6.44. The number of aromatic nitrogens is 3. The molecule has 2 aromatic rings. The zero-order valence-corrected chi connectivity index (χ0v) is 20.3. The van der Waals surface area contributed by atoms with Gasteiger partial charge in [-0.25, -0.2) is 9.59 Å². The molecule has 1 aliphatic heterocycles. The highest BCUT2D eigenvalue weighted by Crippen LogP contribution is 2.34. The minimum absolute atomic E-state index is 0.235. The van der Waals surface area contributed by atoms with Gasteiger partial charge in [-0.1, -0.05) is 54.8 Å². The molecule has 176 valence electrons. The summed E-state index contributed by atoms with van der Waals surface area (Å²) in [5, 5.41) is 15.7. The van der Waals surface area contributed by atoms with E-state index in [1.807, 2.05) is 6.92 Å². The molecule has 1 aromatic carbocycles. The van der Waals surface area contributed by atoms with Crippen LogP contribution >= 0.6 is 23.4 Å². The molecule has 0 radical (unpaired) electrons. The molecule has 2 amide bonds. The van der Waals surface area contributed by atoms with Gasteiger partial charge in [0.2, 0.25) is 0 Å². The molecule has 2 heterocycles. The Bertz CT molecular complexity index is 1050. The Morgan fingerprint density at radius 2 is 1.94 bits per heavy atom. The fourth-order valence-corrected chi connectivity index (χ4v) is 5.58. The van der Waals surface area contributed by atoms with Gasteiger partial charge in [0.1, 0.15) is 5.82 Å². The van der Waals surface area contributed by atoms with Crippen molar-refractivity contribution in [2.75, 3.05) is 12.4 Å². The SMILES string of the molecule is CCOC(=O)C1=C(CSc2nnc(C)n2C2CCCCC2)NC(=O)NC1c1ccc(Cl)cc1. The minimum Gasteiger partial charge on any atom is -0.463 e. The number of rotatable bonds is 7. The molecule has 1 aliphatic carbocycles. The first kappa shape index (κ1) is 23.6. The first-order chi connectivity index (χ1) is 16.0. The Hall–Kier alpha value is -2.52. The molecule has 0 spiro atoms. The van der Waals surface area contributed by atoms with Gasteiger partial charge in [-0.15, -0.1) is 10.2 Å². The molecule has 33 heavy (non-hydrogen) atoms. The molecule has 1 fully saturated rings. The molecule has 1 atom stereocenters. The van der Waals surface area contributed by atoms with E-state index < -0.39 is 12.0 Å². The summed E-state index contributed by atoms with van der Waals surface area (Å²) in [7, 11) is 0. The zero-order valence-electron chi connectivity index (χ0n) is 18.8. The van der Waals surface area contributed by atoms with Crippen LogP contribution in [0.2, 0.25) is 5.02 Å². The molecular formula is C23H28ClN5O3S. The number of ether oxygens (including phenoxy) is 1. The van der Waals surface area contributed by atoms with E-state index in [9.17, 15) is 9.59 Å². The van der Waals surface area contributed by atoms with Crippen molar-refractivity contribution in [1.29, 1.82) is 0 Å². The molecule has 4 rings (SSSR count). The van der Waals surface area contributed by atoms with Crippen molar-refractivity contribution in [2.45, 2.75) is 63.2 Å². The van der Waals surface area contributed by atoms with Crippen molar-refractivity contribution in [3.63, 3.8) is 0 Å². The summed E-state index contributed by atoms with van der Waals surface area (Å²) < 4.78 is 7.54. The standard InChI is InChI=1S/C23H28ClN5O3S/c1-3-32-21(30)19-18(25-22(31)26-20(19)15-9-11-16(24)12-10-15)13-33-23-28-27-14(2)29(23)17-7-5-4-6-8-17/h9-12,17,20H,3-8,13H2,1-2H3,(H2,25,26,31). The minimum atomic E-state index is -0.636. The van der Waals surface area contributed by atoms with Crippen LogP contribution in [-0.2, 0) is 9.53 Å². The van der Waals surface area contributed by atoms with Crippen molar-refractivity contribution in [3.05, 3.63) is 51.9 Å². The summed E-state index contributed by atoms with van der Waals surface area (Å²) in [4.78, 5) is 25.5. The van der Waals surface area contributed by atoms with Crippen LogP contribution in [0.15, 0.2) is 40.7 Å². The molecule has 1 aromatic heterocycles. The molecule has 10 heteroatoms. The Morgan fingerprint density at radius 1 is 1.21 bits per heavy atom. The Balaban J connectivity index is 1.64. The fraction of sp³-hybridized carbons (Fsp3) is 0.478. The summed E-state index contributed by atoms with van der Waals surface area (Å²) in [5.41, 5.74) is 1.64. The van der Waals surface area contributed by atoms with Crippen LogP contribution in [0.25, 0.3) is 0 Å². The third-order valence-electron chi connectivity index (χ3n) is 5.97. The van der Waals surface area contributed by atoms with Gasteiger partial charge in [0.25, 0.3) is 0 Å². The van der Waals surface area contributed by atoms with Crippen LogP contribution in [0.4, 0.5) is 4.79 Å². The van der Waals surface area contributed by atoms with Gasteiger partial charge in [0, 0.05) is 22.5 Å². The number of hydrogen-bond acceptors (Lipinski definition) is 6. The van der Waals surface area contributed by atoms with E-state index >= 15 is 0 Å². The van der Waals surface area contributed by atoms with Crippen LogP contribution in [0.5, 0.6) is 0 Å².